The SMILES string of the molecule is CC(C)(C)OC[C@H](NC(=O)c1nonc1C1CC1)c1cn2ncc([C@@H](O)NC(=O)CC3CC(F)(F)C3)cc2n1. The van der Waals surface area contributed by atoms with Crippen LogP contribution in [0.5, 0.6) is 0 Å². The number of carbonyl (C=O) groups is 2. The van der Waals surface area contributed by atoms with Gasteiger partial charge in [0.15, 0.2) is 17.6 Å². The van der Waals surface area contributed by atoms with E-state index in [4.69, 9.17) is 9.37 Å². The summed E-state index contributed by atoms with van der Waals surface area (Å²) in [6.07, 6.45) is 2.70. The van der Waals surface area contributed by atoms with Gasteiger partial charge in [-0.3, -0.25) is 9.59 Å². The van der Waals surface area contributed by atoms with Crippen LogP contribution in [-0.4, -0.2) is 60.0 Å². The van der Waals surface area contributed by atoms with Crippen molar-refractivity contribution in [1.29, 1.82) is 0 Å². The van der Waals surface area contributed by atoms with Crippen LogP contribution in [0.3, 0.4) is 0 Å². The highest BCUT2D eigenvalue weighted by Gasteiger charge is 2.45. The minimum absolute atomic E-state index is 0.0888. The van der Waals surface area contributed by atoms with E-state index >= 15 is 0 Å². The van der Waals surface area contributed by atoms with Gasteiger partial charge in [0.1, 0.15) is 5.69 Å². The van der Waals surface area contributed by atoms with E-state index in [2.05, 4.69) is 31.0 Å². The largest absolute Gasteiger partial charge is 0.373 e. The molecule has 3 aromatic heterocycles. The molecule has 2 aliphatic rings. The van der Waals surface area contributed by atoms with Crippen molar-refractivity contribution in [3.05, 3.63) is 41.1 Å². The normalized spacial score (nSPS) is 18.9. The molecule has 0 radical (unpaired) electrons. The molecule has 12 nitrogen and oxygen atoms in total. The predicted octanol–water partition coefficient (Wildman–Crippen LogP) is 2.82. The number of aliphatic hydroxyl groups excluding tert-OH is 1. The monoisotopic (exact) mass is 547 g/mol. The van der Waals surface area contributed by atoms with E-state index in [0.717, 1.165) is 12.8 Å². The van der Waals surface area contributed by atoms with Crippen molar-refractivity contribution in [2.24, 2.45) is 5.92 Å². The molecule has 0 bridgehead atoms. The van der Waals surface area contributed by atoms with Crippen molar-refractivity contribution in [2.75, 3.05) is 6.61 Å². The lowest BCUT2D eigenvalue weighted by Gasteiger charge is -2.34. The first-order valence-electron chi connectivity index (χ1n) is 12.8. The number of aromatic nitrogens is 5. The summed E-state index contributed by atoms with van der Waals surface area (Å²) in [5, 5.41) is 27.7. The van der Waals surface area contributed by atoms with E-state index in [1.54, 1.807) is 6.20 Å². The number of hydrogen-bond donors (Lipinski definition) is 3. The Morgan fingerprint density at radius 1 is 1.26 bits per heavy atom. The summed E-state index contributed by atoms with van der Waals surface area (Å²) in [6, 6.07) is 0.866. The van der Waals surface area contributed by atoms with Gasteiger partial charge >= 0.3 is 0 Å². The van der Waals surface area contributed by atoms with Crippen molar-refractivity contribution < 1.29 is 32.8 Å². The molecule has 2 aliphatic carbocycles. The fourth-order valence-corrected chi connectivity index (χ4v) is 4.45. The van der Waals surface area contributed by atoms with Crippen LogP contribution in [0.1, 0.15) is 98.5 Å². The topological polar surface area (TPSA) is 157 Å². The van der Waals surface area contributed by atoms with Crippen LogP contribution in [-0.2, 0) is 9.53 Å². The van der Waals surface area contributed by atoms with Crippen LogP contribution >= 0.6 is 0 Å². The Morgan fingerprint density at radius 2 is 2.00 bits per heavy atom. The number of ether oxygens (including phenoxy) is 1. The number of rotatable bonds is 10. The fraction of sp³-hybridized carbons (Fsp3) is 0.600. The molecule has 39 heavy (non-hydrogen) atoms. The molecule has 0 aromatic carbocycles. The summed E-state index contributed by atoms with van der Waals surface area (Å²) < 4.78 is 38.3. The molecule has 5 rings (SSSR count). The smallest absolute Gasteiger partial charge is 0.276 e. The minimum Gasteiger partial charge on any atom is -0.373 e. The average Bonchev–Trinajstić information content (AvgIpc) is 3.39. The number of hydrogen-bond acceptors (Lipinski definition) is 9. The lowest BCUT2D eigenvalue weighted by atomic mass is 9.79. The Bertz CT molecular complexity index is 1360. The van der Waals surface area contributed by atoms with Crippen LogP contribution in [0.25, 0.3) is 5.65 Å². The standard InChI is InChI=1S/C25H31F2N7O5/c1-24(2,3)38-12-17(30-23(37)21-20(14-4-5-14)32-39-33-21)16-11-34-18(29-16)7-15(10-28-34)22(36)31-19(35)6-13-8-25(26,27)9-13/h7,10-11,13-14,17,22,36H,4-6,8-9,12H2,1-3H3,(H,30,37)(H,31,35)/t17-,22+/m0/s1. The number of nitrogens with zero attached hydrogens (tertiary/aromatic N) is 5. The second kappa shape index (κ2) is 10.2. The second-order valence-corrected chi connectivity index (χ2v) is 11.3. The van der Waals surface area contributed by atoms with Gasteiger partial charge in [-0.1, -0.05) is 5.16 Å². The van der Waals surface area contributed by atoms with Crippen LogP contribution in [0.2, 0.25) is 0 Å². The summed E-state index contributed by atoms with van der Waals surface area (Å²) in [5.74, 6) is -3.94. The third-order valence-electron chi connectivity index (χ3n) is 6.66. The van der Waals surface area contributed by atoms with Crippen molar-refractivity contribution in [3.8, 4) is 0 Å². The van der Waals surface area contributed by atoms with Crippen LogP contribution < -0.4 is 10.6 Å². The quantitative estimate of drug-likeness (QED) is 0.325. The Labute approximate surface area is 222 Å². The van der Waals surface area contributed by atoms with Gasteiger partial charge in [-0.25, -0.2) is 22.9 Å². The van der Waals surface area contributed by atoms with Crippen LogP contribution in [0.15, 0.2) is 23.1 Å². The first kappa shape index (κ1) is 27.1. The molecule has 2 atom stereocenters. The van der Waals surface area contributed by atoms with Crippen molar-refractivity contribution in [3.63, 3.8) is 0 Å². The Balaban J connectivity index is 1.30. The molecular weight excluding hydrogens is 516 g/mol. The van der Waals surface area contributed by atoms with E-state index in [0.29, 0.717) is 17.0 Å². The van der Waals surface area contributed by atoms with Gasteiger partial charge in [0.05, 0.1) is 36.3 Å². The summed E-state index contributed by atoms with van der Waals surface area (Å²) >= 11 is 0. The van der Waals surface area contributed by atoms with Crippen molar-refractivity contribution in [1.82, 2.24) is 35.5 Å². The first-order chi connectivity index (χ1) is 18.4. The molecule has 2 amide bonds. The molecule has 14 heteroatoms. The van der Waals surface area contributed by atoms with Gasteiger partial charge in [-0.2, -0.15) is 5.10 Å². The van der Waals surface area contributed by atoms with E-state index < -0.39 is 41.5 Å². The molecule has 3 aromatic rings. The molecule has 3 N–H and O–H groups in total. The minimum atomic E-state index is -2.71. The van der Waals surface area contributed by atoms with Gasteiger partial charge < -0.3 is 20.5 Å². The number of fused-ring (bicyclic) bond motifs is 1. The van der Waals surface area contributed by atoms with Crippen LogP contribution in [0.4, 0.5) is 8.78 Å². The maximum atomic E-state index is 13.1. The Morgan fingerprint density at radius 3 is 2.67 bits per heavy atom. The number of alkyl halides is 2. The van der Waals surface area contributed by atoms with Gasteiger partial charge in [0, 0.05) is 30.7 Å². The average molecular weight is 548 g/mol. The predicted molar refractivity (Wildman–Crippen MR) is 131 cm³/mol. The summed E-state index contributed by atoms with van der Waals surface area (Å²) in [4.78, 5) is 29.8. The lowest BCUT2D eigenvalue weighted by Crippen LogP contribution is -2.39. The first-order valence-corrected chi connectivity index (χ1v) is 12.8. The van der Waals surface area contributed by atoms with Gasteiger partial charge in [-0.15, -0.1) is 0 Å². The molecule has 210 valence electrons. The van der Waals surface area contributed by atoms with Crippen molar-refractivity contribution in [2.45, 2.75) is 82.6 Å². The van der Waals surface area contributed by atoms with Gasteiger partial charge in [0.2, 0.25) is 11.8 Å². The van der Waals surface area contributed by atoms with Crippen molar-refractivity contribution >= 4 is 17.5 Å². The molecule has 2 saturated carbocycles. The maximum absolute atomic E-state index is 13.1. The summed E-state index contributed by atoms with van der Waals surface area (Å²) in [5.41, 5.74) is 1.25. The molecular formula is C25H31F2N7O5. The fourth-order valence-electron chi connectivity index (χ4n) is 4.45. The van der Waals surface area contributed by atoms with E-state index in [1.807, 2.05) is 20.8 Å². The summed E-state index contributed by atoms with van der Waals surface area (Å²) in [6.45, 7) is 5.78. The number of amides is 2. The zero-order valence-electron chi connectivity index (χ0n) is 21.9. The Kier molecular flexibility index (Phi) is 7.10. The number of nitrogens with one attached hydrogen (secondary N) is 2. The van der Waals surface area contributed by atoms with E-state index in [9.17, 15) is 23.5 Å². The molecule has 0 saturated heterocycles. The summed E-state index contributed by atoms with van der Waals surface area (Å²) in [7, 11) is 0. The third-order valence-corrected chi connectivity index (χ3v) is 6.66. The number of halogens is 2. The highest BCUT2D eigenvalue weighted by Crippen LogP contribution is 2.44. The van der Waals surface area contributed by atoms with Crippen LogP contribution in [0, 0.1) is 5.92 Å². The highest BCUT2D eigenvalue weighted by molar-refractivity contribution is 5.93. The maximum Gasteiger partial charge on any atom is 0.276 e. The number of aliphatic hydroxyl groups is 1. The molecule has 0 aliphatic heterocycles. The van der Waals surface area contributed by atoms with Gasteiger partial charge in [-0.05, 0) is 50.8 Å². The molecule has 2 fully saturated rings. The zero-order chi connectivity index (χ0) is 27.9. The lowest BCUT2D eigenvalue weighted by molar-refractivity contribution is -0.136. The van der Waals surface area contributed by atoms with E-state index in [1.165, 1.54) is 16.8 Å². The molecule has 0 unspecified atom stereocenters. The van der Waals surface area contributed by atoms with Gasteiger partial charge in [0.25, 0.3) is 5.91 Å². The third kappa shape index (κ3) is 6.56. The molecule has 0 spiro atoms. The number of carbonyl (C=O) groups excluding carboxylic acids is 2. The highest BCUT2D eigenvalue weighted by atomic mass is 19.3. The molecule has 3 heterocycles. The second-order valence-electron chi connectivity index (χ2n) is 11.3. The zero-order valence-corrected chi connectivity index (χ0v) is 21.9. The Hall–Kier alpha value is -3.52. The van der Waals surface area contributed by atoms with E-state index in [-0.39, 0.29) is 43.0 Å². The number of imidazole rings is 1.